The summed E-state index contributed by atoms with van der Waals surface area (Å²) in [5.41, 5.74) is 7.76. The maximum absolute atomic E-state index is 13.1. The van der Waals surface area contributed by atoms with Gasteiger partial charge in [0.1, 0.15) is 6.61 Å². The Hall–Kier alpha value is -3.10. The van der Waals surface area contributed by atoms with E-state index in [9.17, 15) is 9.59 Å². The number of nitrogens with two attached hydrogens (primary N) is 1. The summed E-state index contributed by atoms with van der Waals surface area (Å²) in [5, 5.41) is 4.37. The van der Waals surface area contributed by atoms with E-state index in [4.69, 9.17) is 31.6 Å². The molecule has 0 saturated heterocycles. The van der Waals surface area contributed by atoms with Gasteiger partial charge in [-0.25, -0.2) is 9.69 Å². The van der Waals surface area contributed by atoms with E-state index < -0.39 is 24.1 Å². The predicted molar refractivity (Wildman–Crippen MR) is 115 cm³/mol. The van der Waals surface area contributed by atoms with E-state index in [2.05, 4.69) is 5.16 Å². The minimum absolute atomic E-state index is 0.0290. The highest BCUT2D eigenvalue weighted by Gasteiger charge is 2.33. The lowest BCUT2D eigenvalue weighted by Gasteiger charge is -2.25. The largest absolute Gasteiger partial charge is 0.482 e. The van der Waals surface area contributed by atoms with Crippen LogP contribution in [0.4, 0.5) is 4.79 Å². The topological polar surface area (TPSA) is 103 Å². The fourth-order valence-electron chi connectivity index (χ4n) is 3.04. The van der Waals surface area contributed by atoms with Crippen molar-refractivity contribution in [2.45, 2.75) is 31.6 Å². The van der Waals surface area contributed by atoms with Crippen molar-refractivity contribution in [1.29, 1.82) is 0 Å². The molecule has 0 aromatic heterocycles. The summed E-state index contributed by atoms with van der Waals surface area (Å²) < 4.78 is 10.4. The van der Waals surface area contributed by atoms with Crippen LogP contribution in [-0.4, -0.2) is 48.6 Å². The first kappa shape index (κ1) is 22.6. The number of rotatable bonds is 7. The molecule has 8 nitrogen and oxygen atoms in total. The molecule has 2 aromatic carbocycles. The maximum atomic E-state index is 13.1. The third-order valence-corrected chi connectivity index (χ3v) is 4.96. The molecule has 1 aliphatic heterocycles. The molecule has 2 N–H and O–H groups in total. The third-order valence-electron chi connectivity index (χ3n) is 4.71. The molecule has 0 bridgehead atoms. The average molecular weight is 446 g/mol. The van der Waals surface area contributed by atoms with Crippen LogP contribution in [0.3, 0.4) is 0 Å². The molecule has 0 radical (unpaired) electrons. The van der Waals surface area contributed by atoms with E-state index >= 15 is 0 Å². The van der Waals surface area contributed by atoms with Gasteiger partial charge in [-0.3, -0.25) is 4.79 Å². The summed E-state index contributed by atoms with van der Waals surface area (Å²) in [6.07, 6.45) is -0.761. The second kappa shape index (κ2) is 10.8. The second-order valence-corrected chi connectivity index (χ2v) is 7.48. The first-order valence-corrected chi connectivity index (χ1v) is 10.1. The van der Waals surface area contributed by atoms with Gasteiger partial charge in [-0.1, -0.05) is 59.2 Å². The Morgan fingerprint density at radius 2 is 1.90 bits per heavy atom. The number of carbonyl (C=O) groups is 2. The van der Waals surface area contributed by atoms with Crippen molar-refractivity contribution in [3.63, 3.8) is 0 Å². The zero-order valence-corrected chi connectivity index (χ0v) is 17.8. The van der Waals surface area contributed by atoms with Crippen LogP contribution < -0.4 is 5.73 Å². The Kier molecular flexibility index (Phi) is 7.86. The van der Waals surface area contributed by atoms with E-state index in [0.717, 1.165) is 16.0 Å². The van der Waals surface area contributed by atoms with Gasteiger partial charge in [-0.15, -0.1) is 0 Å². The lowest BCUT2D eigenvalue weighted by atomic mass is 10.1. The normalized spacial score (nSPS) is 16.1. The summed E-state index contributed by atoms with van der Waals surface area (Å²) in [5.74, 6) is -0.178. The minimum atomic E-state index is -0.949. The number of hydrogen-bond donors (Lipinski definition) is 1. The molecule has 164 valence electrons. The molecule has 0 spiro atoms. The van der Waals surface area contributed by atoms with E-state index in [1.807, 2.05) is 30.3 Å². The average Bonchev–Trinajstić information content (AvgIpc) is 3.25. The molecule has 1 heterocycles. The predicted octanol–water partition coefficient (Wildman–Crippen LogP) is 3.12. The van der Waals surface area contributed by atoms with E-state index in [1.54, 1.807) is 24.3 Å². The number of amides is 2. The monoisotopic (exact) mass is 445 g/mol. The summed E-state index contributed by atoms with van der Waals surface area (Å²) >= 11 is 5.90. The van der Waals surface area contributed by atoms with Gasteiger partial charge in [0.2, 0.25) is 11.8 Å². The molecular weight excluding hydrogens is 422 g/mol. The summed E-state index contributed by atoms with van der Waals surface area (Å²) in [7, 11) is 1.48. The minimum Gasteiger partial charge on any atom is -0.482 e. The van der Waals surface area contributed by atoms with Gasteiger partial charge >= 0.3 is 6.09 Å². The Balaban J connectivity index is 1.68. The summed E-state index contributed by atoms with van der Waals surface area (Å²) in [4.78, 5) is 32.1. The molecule has 2 atom stereocenters. The van der Waals surface area contributed by atoms with Crippen LogP contribution in [0.15, 0.2) is 59.8 Å². The zero-order valence-electron chi connectivity index (χ0n) is 17.1. The number of methoxy groups -OCH3 is 1. The van der Waals surface area contributed by atoms with Crippen molar-refractivity contribution >= 4 is 29.5 Å². The quantitative estimate of drug-likeness (QED) is 0.702. The van der Waals surface area contributed by atoms with Crippen molar-refractivity contribution < 1.29 is 23.9 Å². The molecule has 31 heavy (non-hydrogen) atoms. The number of benzene rings is 2. The SMILES string of the molecule is COC1=NOC(CN(C(=O)OCc2ccccc2)C(=O)[C@H](N)Cc2ccc(Cl)cc2)C1. The molecular formula is C22H24ClN3O5. The van der Waals surface area contributed by atoms with Crippen LogP contribution in [0.2, 0.25) is 5.02 Å². The van der Waals surface area contributed by atoms with Gasteiger partial charge in [-0.05, 0) is 29.7 Å². The molecule has 0 saturated carbocycles. The molecule has 3 rings (SSSR count). The van der Waals surface area contributed by atoms with Gasteiger partial charge in [0.05, 0.1) is 26.1 Å². The highest BCUT2D eigenvalue weighted by atomic mass is 35.5. The molecule has 2 aromatic rings. The highest BCUT2D eigenvalue weighted by Crippen LogP contribution is 2.16. The number of halogens is 1. The fourth-order valence-corrected chi connectivity index (χ4v) is 3.16. The lowest BCUT2D eigenvalue weighted by Crippen LogP contribution is -2.50. The zero-order chi connectivity index (χ0) is 22.2. The van der Waals surface area contributed by atoms with E-state index in [0.29, 0.717) is 17.3 Å². The fraction of sp³-hybridized carbons (Fsp3) is 0.318. The second-order valence-electron chi connectivity index (χ2n) is 7.05. The number of nitrogens with zero attached hydrogens (tertiary/aromatic N) is 2. The molecule has 0 fully saturated rings. The molecule has 1 unspecified atom stereocenters. The first-order valence-electron chi connectivity index (χ1n) is 9.75. The maximum Gasteiger partial charge on any atom is 0.417 e. The van der Waals surface area contributed by atoms with Gasteiger partial charge < -0.3 is 20.0 Å². The van der Waals surface area contributed by atoms with Crippen molar-refractivity contribution in [3.05, 3.63) is 70.7 Å². The molecule has 0 aliphatic carbocycles. The van der Waals surface area contributed by atoms with Crippen molar-refractivity contribution in [1.82, 2.24) is 4.90 Å². The Labute approximate surface area is 185 Å². The van der Waals surface area contributed by atoms with Crippen LogP contribution >= 0.6 is 11.6 Å². The standard InChI is InChI=1S/C22H24ClN3O5/c1-29-20-12-18(31-25-20)13-26(22(28)30-14-16-5-3-2-4-6-16)21(27)19(24)11-15-7-9-17(23)10-8-15/h2-10,18-19H,11-14,24H2,1H3/t18?,19-/m1/s1. The number of carbonyl (C=O) groups excluding carboxylic acids is 2. The van der Waals surface area contributed by atoms with Crippen LogP contribution in [0.5, 0.6) is 0 Å². The number of hydrogen-bond acceptors (Lipinski definition) is 7. The number of oxime groups is 1. The lowest BCUT2D eigenvalue weighted by molar-refractivity contribution is -0.132. The van der Waals surface area contributed by atoms with E-state index in [1.165, 1.54) is 7.11 Å². The van der Waals surface area contributed by atoms with Crippen LogP contribution in [0.25, 0.3) is 0 Å². The van der Waals surface area contributed by atoms with Gasteiger partial charge in [0.25, 0.3) is 0 Å². The van der Waals surface area contributed by atoms with Gasteiger partial charge in [0.15, 0.2) is 6.10 Å². The van der Waals surface area contributed by atoms with Crippen LogP contribution in [-0.2, 0) is 32.1 Å². The Morgan fingerprint density at radius 1 is 1.19 bits per heavy atom. The summed E-state index contributed by atoms with van der Waals surface area (Å²) in [6, 6.07) is 15.2. The Bertz CT molecular complexity index is 921. The van der Waals surface area contributed by atoms with Crippen molar-refractivity contribution in [2.75, 3.05) is 13.7 Å². The number of imide groups is 1. The van der Waals surface area contributed by atoms with E-state index in [-0.39, 0.29) is 19.6 Å². The third kappa shape index (κ3) is 6.44. The molecule has 1 aliphatic rings. The smallest absolute Gasteiger partial charge is 0.417 e. The van der Waals surface area contributed by atoms with Crippen LogP contribution in [0.1, 0.15) is 17.5 Å². The summed E-state index contributed by atoms with van der Waals surface area (Å²) in [6.45, 7) is -0.0294. The highest BCUT2D eigenvalue weighted by molar-refractivity contribution is 6.30. The number of ether oxygens (including phenoxy) is 2. The van der Waals surface area contributed by atoms with Gasteiger partial charge in [-0.2, -0.15) is 0 Å². The molecule has 9 heteroatoms. The Morgan fingerprint density at radius 3 is 2.55 bits per heavy atom. The van der Waals surface area contributed by atoms with Crippen molar-refractivity contribution in [3.8, 4) is 0 Å². The van der Waals surface area contributed by atoms with Crippen LogP contribution in [0, 0.1) is 0 Å². The van der Waals surface area contributed by atoms with Crippen molar-refractivity contribution in [2.24, 2.45) is 10.9 Å². The van der Waals surface area contributed by atoms with Gasteiger partial charge in [0, 0.05) is 5.02 Å². The molecule has 2 amide bonds. The first-order chi connectivity index (χ1) is 15.0.